The molecule has 0 aliphatic carbocycles. The first-order valence-electron chi connectivity index (χ1n) is 5.89. The van der Waals surface area contributed by atoms with Crippen LogP contribution in [0.4, 0.5) is 5.69 Å². The highest BCUT2D eigenvalue weighted by atomic mass is 35.5. The van der Waals surface area contributed by atoms with E-state index < -0.39 is 9.84 Å². The molecule has 0 bridgehead atoms. The van der Waals surface area contributed by atoms with Crippen LogP contribution in [0.2, 0.25) is 5.02 Å². The number of hydrogen-bond acceptors (Lipinski definition) is 4. The van der Waals surface area contributed by atoms with Gasteiger partial charge in [-0.05, 0) is 31.4 Å². The molecule has 4 nitrogen and oxygen atoms in total. The van der Waals surface area contributed by atoms with Crippen molar-refractivity contribution in [1.82, 2.24) is 0 Å². The molecular formula is C12H16ClNO3S. The summed E-state index contributed by atoms with van der Waals surface area (Å²) in [5, 5.41) is 0.172. The van der Waals surface area contributed by atoms with Crippen LogP contribution >= 0.6 is 11.6 Å². The van der Waals surface area contributed by atoms with Gasteiger partial charge in [-0.25, -0.2) is 8.42 Å². The molecule has 0 aromatic heterocycles. The Morgan fingerprint density at radius 2 is 2.17 bits per heavy atom. The summed E-state index contributed by atoms with van der Waals surface area (Å²) >= 11 is 5.93. The third-order valence-electron chi connectivity index (χ3n) is 2.99. The highest BCUT2D eigenvalue weighted by Crippen LogP contribution is 2.29. The molecule has 0 saturated carbocycles. The number of sulfone groups is 1. The van der Waals surface area contributed by atoms with Crippen molar-refractivity contribution in [1.29, 1.82) is 0 Å². The van der Waals surface area contributed by atoms with E-state index in [1.165, 1.54) is 6.07 Å². The Morgan fingerprint density at radius 1 is 1.39 bits per heavy atom. The summed E-state index contributed by atoms with van der Waals surface area (Å²) < 4.78 is 30.0. The van der Waals surface area contributed by atoms with E-state index in [4.69, 9.17) is 22.1 Å². The first kappa shape index (κ1) is 13.6. The van der Waals surface area contributed by atoms with Crippen LogP contribution < -0.4 is 5.73 Å². The molecule has 18 heavy (non-hydrogen) atoms. The van der Waals surface area contributed by atoms with Gasteiger partial charge in [-0.15, -0.1) is 0 Å². The summed E-state index contributed by atoms with van der Waals surface area (Å²) in [6.07, 6.45) is 2.51. The van der Waals surface area contributed by atoms with Crippen molar-refractivity contribution in [3.63, 3.8) is 0 Å². The molecule has 0 radical (unpaired) electrons. The van der Waals surface area contributed by atoms with Gasteiger partial charge < -0.3 is 10.5 Å². The Bertz CT molecular complexity index is 504. The van der Waals surface area contributed by atoms with E-state index in [0.29, 0.717) is 6.61 Å². The number of rotatable bonds is 3. The Labute approximate surface area is 112 Å². The van der Waals surface area contributed by atoms with E-state index >= 15 is 0 Å². The van der Waals surface area contributed by atoms with E-state index in [1.807, 2.05) is 0 Å². The van der Waals surface area contributed by atoms with Gasteiger partial charge >= 0.3 is 0 Å². The summed E-state index contributed by atoms with van der Waals surface area (Å²) in [5.41, 5.74) is 5.90. The highest BCUT2D eigenvalue weighted by Gasteiger charge is 2.27. The zero-order valence-corrected chi connectivity index (χ0v) is 11.5. The maximum absolute atomic E-state index is 12.3. The smallest absolute Gasteiger partial charge is 0.184 e. The molecule has 0 amide bonds. The molecule has 0 spiro atoms. The van der Waals surface area contributed by atoms with E-state index in [2.05, 4.69) is 0 Å². The molecule has 1 aliphatic heterocycles. The van der Waals surface area contributed by atoms with Crippen LogP contribution in [0.1, 0.15) is 19.3 Å². The molecule has 1 aliphatic rings. The summed E-state index contributed by atoms with van der Waals surface area (Å²) in [5.74, 6) is -0.0546. The fourth-order valence-electron chi connectivity index (χ4n) is 2.12. The van der Waals surface area contributed by atoms with Gasteiger partial charge in [-0.3, -0.25) is 0 Å². The molecule has 1 heterocycles. The minimum Gasteiger partial charge on any atom is -0.398 e. The Balaban J connectivity index is 2.25. The van der Waals surface area contributed by atoms with Crippen LogP contribution in [0, 0.1) is 0 Å². The number of hydrogen-bond donors (Lipinski definition) is 1. The van der Waals surface area contributed by atoms with Crippen LogP contribution in [0.15, 0.2) is 23.1 Å². The first-order chi connectivity index (χ1) is 8.50. The molecular weight excluding hydrogens is 274 g/mol. The molecule has 1 atom stereocenters. The molecule has 100 valence electrons. The van der Waals surface area contributed by atoms with Gasteiger partial charge in [-0.2, -0.15) is 0 Å². The lowest BCUT2D eigenvalue weighted by Gasteiger charge is -2.22. The molecule has 1 aromatic rings. The van der Waals surface area contributed by atoms with Crippen LogP contribution in [-0.2, 0) is 14.6 Å². The number of ether oxygens (including phenoxy) is 1. The van der Waals surface area contributed by atoms with Crippen molar-refractivity contribution >= 4 is 27.1 Å². The predicted octanol–water partition coefficient (Wildman–Crippen LogP) is 2.27. The highest BCUT2D eigenvalue weighted by molar-refractivity contribution is 7.91. The lowest BCUT2D eigenvalue weighted by molar-refractivity contribution is 0.0305. The second-order valence-electron chi connectivity index (χ2n) is 4.43. The number of halogens is 1. The maximum atomic E-state index is 12.3. The van der Waals surface area contributed by atoms with Crippen molar-refractivity contribution < 1.29 is 13.2 Å². The van der Waals surface area contributed by atoms with Crippen molar-refractivity contribution in [2.24, 2.45) is 0 Å². The molecule has 2 N–H and O–H groups in total. The lowest BCUT2D eigenvalue weighted by atomic mass is 10.1. The van der Waals surface area contributed by atoms with Crippen LogP contribution in [-0.4, -0.2) is 26.9 Å². The predicted molar refractivity (Wildman–Crippen MR) is 71.5 cm³/mol. The minimum atomic E-state index is -3.50. The summed E-state index contributed by atoms with van der Waals surface area (Å²) in [4.78, 5) is 0.0286. The topological polar surface area (TPSA) is 69.4 Å². The van der Waals surface area contributed by atoms with E-state index in [1.54, 1.807) is 12.1 Å². The van der Waals surface area contributed by atoms with Crippen LogP contribution in [0.5, 0.6) is 0 Å². The normalized spacial score (nSPS) is 20.8. The Hall–Kier alpha value is -0.780. The zero-order valence-electron chi connectivity index (χ0n) is 9.93. The van der Waals surface area contributed by atoms with Crippen molar-refractivity contribution in [2.75, 3.05) is 18.1 Å². The standard InChI is InChI=1S/C12H16ClNO3S/c13-10-5-3-6-11(14)12(10)18(15,16)8-9-4-1-2-7-17-9/h3,5-6,9H,1-2,4,7-8,14H2. The number of nitrogens with two attached hydrogens (primary N) is 1. The quantitative estimate of drug-likeness (QED) is 0.867. The van der Waals surface area contributed by atoms with Gasteiger partial charge in [0.2, 0.25) is 0 Å². The van der Waals surface area contributed by atoms with Gasteiger partial charge in [0, 0.05) is 6.61 Å². The first-order valence-corrected chi connectivity index (χ1v) is 7.92. The van der Waals surface area contributed by atoms with Crippen LogP contribution in [0.3, 0.4) is 0 Å². The van der Waals surface area contributed by atoms with Gasteiger partial charge in [-0.1, -0.05) is 17.7 Å². The second kappa shape index (κ2) is 5.47. The van der Waals surface area contributed by atoms with Crippen molar-refractivity contribution in [3.05, 3.63) is 23.2 Å². The number of benzene rings is 1. The Morgan fingerprint density at radius 3 is 2.78 bits per heavy atom. The molecule has 6 heteroatoms. The SMILES string of the molecule is Nc1cccc(Cl)c1S(=O)(=O)CC1CCCCO1. The zero-order chi connectivity index (χ0) is 13.2. The van der Waals surface area contributed by atoms with Crippen molar-refractivity contribution in [3.8, 4) is 0 Å². The molecule has 1 saturated heterocycles. The van der Waals surface area contributed by atoms with Gasteiger partial charge in [0.05, 0.1) is 22.6 Å². The summed E-state index contributed by atoms with van der Waals surface area (Å²) in [6.45, 7) is 0.623. The van der Waals surface area contributed by atoms with Gasteiger partial charge in [0.25, 0.3) is 0 Å². The molecule has 2 rings (SSSR count). The Kier molecular flexibility index (Phi) is 4.14. The van der Waals surface area contributed by atoms with E-state index in [0.717, 1.165) is 19.3 Å². The van der Waals surface area contributed by atoms with Gasteiger partial charge in [0.15, 0.2) is 9.84 Å². The molecule has 1 aromatic carbocycles. The lowest BCUT2D eigenvalue weighted by Crippen LogP contribution is -2.28. The van der Waals surface area contributed by atoms with E-state index in [9.17, 15) is 8.42 Å². The average Bonchev–Trinajstić information content (AvgIpc) is 2.28. The average molecular weight is 290 g/mol. The van der Waals surface area contributed by atoms with Crippen molar-refractivity contribution in [2.45, 2.75) is 30.3 Å². The summed E-state index contributed by atoms with van der Waals surface area (Å²) in [7, 11) is -3.50. The number of nitrogen functional groups attached to an aromatic ring is 1. The van der Waals surface area contributed by atoms with Gasteiger partial charge in [0.1, 0.15) is 4.90 Å². The fourth-order valence-corrected chi connectivity index (χ4v) is 4.37. The van der Waals surface area contributed by atoms with E-state index in [-0.39, 0.29) is 27.5 Å². The third-order valence-corrected chi connectivity index (χ3v) is 5.30. The molecule has 1 unspecified atom stereocenters. The fraction of sp³-hybridized carbons (Fsp3) is 0.500. The van der Waals surface area contributed by atoms with Crippen LogP contribution in [0.25, 0.3) is 0 Å². The molecule has 1 fully saturated rings. The number of anilines is 1. The monoisotopic (exact) mass is 289 g/mol. The maximum Gasteiger partial charge on any atom is 0.184 e. The second-order valence-corrected chi connectivity index (χ2v) is 6.81. The largest absolute Gasteiger partial charge is 0.398 e. The third kappa shape index (κ3) is 2.96. The minimum absolute atomic E-state index is 0.0286. The summed E-state index contributed by atoms with van der Waals surface area (Å²) in [6, 6.07) is 4.71.